The van der Waals surface area contributed by atoms with Gasteiger partial charge in [0.05, 0.1) is 17.5 Å². The maximum Gasteiger partial charge on any atom is 0.329 e. The van der Waals surface area contributed by atoms with Crippen molar-refractivity contribution in [3.05, 3.63) is 59.7 Å². The first-order valence-corrected chi connectivity index (χ1v) is 7.78. The van der Waals surface area contributed by atoms with Gasteiger partial charge >= 0.3 is 5.97 Å². The van der Waals surface area contributed by atoms with Gasteiger partial charge < -0.3 is 14.2 Å². The predicted molar refractivity (Wildman–Crippen MR) is 86.4 cm³/mol. The van der Waals surface area contributed by atoms with E-state index in [1.807, 2.05) is 24.3 Å². The average molecular weight is 324 g/mol. The number of fused-ring (bicyclic) bond motifs is 3. The predicted octanol–water partition coefficient (Wildman–Crippen LogP) is 2.41. The van der Waals surface area contributed by atoms with E-state index in [-0.39, 0.29) is 11.9 Å². The first kappa shape index (κ1) is 14.6. The van der Waals surface area contributed by atoms with Crippen molar-refractivity contribution in [2.24, 2.45) is 0 Å². The monoisotopic (exact) mass is 324 g/mol. The normalized spacial score (nSPS) is 13.8. The highest BCUT2D eigenvalue weighted by atomic mass is 16.7. The lowest BCUT2D eigenvalue weighted by molar-refractivity contribution is -0.141. The summed E-state index contributed by atoms with van der Waals surface area (Å²) in [5.41, 5.74) is 2.79. The van der Waals surface area contributed by atoms with Crippen LogP contribution >= 0.6 is 0 Å². The van der Waals surface area contributed by atoms with Crippen LogP contribution in [0.15, 0.2) is 47.1 Å². The molecule has 1 amide bonds. The summed E-state index contributed by atoms with van der Waals surface area (Å²) in [4.78, 5) is 31.1. The summed E-state index contributed by atoms with van der Waals surface area (Å²) in [5.74, 6) is -0.162. The van der Waals surface area contributed by atoms with Crippen LogP contribution in [0.3, 0.4) is 0 Å². The molecule has 0 radical (unpaired) electrons. The van der Waals surface area contributed by atoms with Crippen molar-refractivity contribution >= 4 is 22.8 Å². The molecule has 6 nitrogen and oxygen atoms in total. The molecular weight excluding hydrogens is 308 g/mol. The lowest BCUT2D eigenvalue weighted by Crippen LogP contribution is -2.36. The van der Waals surface area contributed by atoms with Crippen molar-refractivity contribution in [1.82, 2.24) is 9.63 Å². The highest BCUT2D eigenvalue weighted by molar-refractivity contribution is 5.93. The minimum absolute atomic E-state index is 0.130. The van der Waals surface area contributed by atoms with Crippen LogP contribution in [0, 0.1) is 0 Å². The number of benzene rings is 1. The minimum Gasteiger partial charge on any atom is -0.459 e. The Balaban J connectivity index is 1.76. The molecular formula is C18H16N2O4. The second-order valence-corrected chi connectivity index (χ2v) is 5.77. The number of hydrogen-bond donors (Lipinski definition) is 0. The molecule has 0 unspecified atom stereocenters. The van der Waals surface area contributed by atoms with Crippen LogP contribution in [0.4, 0.5) is 0 Å². The van der Waals surface area contributed by atoms with Crippen molar-refractivity contribution in [3.63, 3.8) is 0 Å². The maximum absolute atomic E-state index is 12.5. The Labute approximate surface area is 138 Å². The van der Waals surface area contributed by atoms with E-state index in [1.54, 1.807) is 21.8 Å². The van der Waals surface area contributed by atoms with E-state index in [0.29, 0.717) is 25.3 Å². The van der Waals surface area contributed by atoms with Gasteiger partial charge in [0.25, 0.3) is 5.91 Å². The van der Waals surface area contributed by atoms with Crippen LogP contribution in [-0.2, 0) is 17.8 Å². The first-order chi connectivity index (χ1) is 11.6. The number of carbonyl (C=O) groups is 2. The van der Waals surface area contributed by atoms with E-state index in [9.17, 15) is 9.59 Å². The highest BCUT2D eigenvalue weighted by Crippen LogP contribution is 2.30. The third-order valence-electron chi connectivity index (χ3n) is 4.25. The molecule has 0 atom stereocenters. The molecule has 6 heteroatoms. The largest absolute Gasteiger partial charge is 0.459 e. The zero-order valence-electron chi connectivity index (χ0n) is 13.2. The number of hydrogen-bond acceptors (Lipinski definition) is 4. The van der Waals surface area contributed by atoms with Gasteiger partial charge in [-0.25, -0.2) is 4.79 Å². The Kier molecular flexibility index (Phi) is 3.37. The van der Waals surface area contributed by atoms with E-state index < -0.39 is 0 Å². The molecule has 1 aromatic carbocycles. The van der Waals surface area contributed by atoms with E-state index in [2.05, 4.69) is 0 Å². The summed E-state index contributed by atoms with van der Waals surface area (Å²) in [7, 11) is 0. The molecule has 0 saturated carbocycles. The lowest BCUT2D eigenvalue weighted by atomic mass is 10.0. The second-order valence-electron chi connectivity index (χ2n) is 5.77. The molecule has 1 aliphatic rings. The lowest BCUT2D eigenvalue weighted by Gasteiger charge is -2.27. The molecule has 0 fully saturated rings. The third kappa shape index (κ3) is 2.27. The summed E-state index contributed by atoms with van der Waals surface area (Å²) in [5, 5.41) is 0.991. The molecule has 2 aromatic heterocycles. The standard InChI is InChI=1S/C18H16N2O4/c1-12(21)24-20-15-6-3-2-5-13(15)14-11-19(9-8-16(14)20)18(22)17-7-4-10-23-17/h2-7,10H,8-9,11H2,1H3. The fourth-order valence-electron chi connectivity index (χ4n) is 3.23. The highest BCUT2D eigenvalue weighted by Gasteiger charge is 2.29. The smallest absolute Gasteiger partial charge is 0.329 e. The summed E-state index contributed by atoms with van der Waals surface area (Å²) in [6.07, 6.45) is 2.11. The molecule has 0 spiro atoms. The zero-order chi connectivity index (χ0) is 16.7. The van der Waals surface area contributed by atoms with Gasteiger partial charge in [-0.2, -0.15) is 4.73 Å². The maximum atomic E-state index is 12.5. The molecule has 0 aliphatic carbocycles. The Morgan fingerprint density at radius 3 is 2.75 bits per heavy atom. The SMILES string of the molecule is CC(=O)On1c2c(c3ccccc31)CN(C(=O)c1ccco1)CC2. The minimum atomic E-state index is -0.368. The van der Waals surface area contributed by atoms with Crippen LogP contribution in [0.5, 0.6) is 0 Å². The van der Waals surface area contributed by atoms with Crippen LogP contribution < -0.4 is 4.84 Å². The average Bonchev–Trinajstić information content (AvgIpc) is 3.22. The van der Waals surface area contributed by atoms with Gasteiger partial charge in [-0.1, -0.05) is 18.2 Å². The number of para-hydroxylation sites is 1. The number of furan rings is 1. The third-order valence-corrected chi connectivity index (χ3v) is 4.25. The second kappa shape index (κ2) is 5.56. The first-order valence-electron chi connectivity index (χ1n) is 7.78. The topological polar surface area (TPSA) is 64.7 Å². The van der Waals surface area contributed by atoms with Crippen LogP contribution in [0.1, 0.15) is 28.7 Å². The summed E-state index contributed by atoms with van der Waals surface area (Å²) >= 11 is 0. The summed E-state index contributed by atoms with van der Waals surface area (Å²) in [6, 6.07) is 11.1. The van der Waals surface area contributed by atoms with Crippen LogP contribution in [-0.4, -0.2) is 28.1 Å². The van der Waals surface area contributed by atoms with Gasteiger partial charge in [0.2, 0.25) is 0 Å². The molecule has 0 N–H and O–H groups in total. The number of aromatic nitrogens is 1. The molecule has 3 aromatic rings. The van der Waals surface area contributed by atoms with Gasteiger partial charge in [0.1, 0.15) is 0 Å². The van der Waals surface area contributed by atoms with E-state index in [4.69, 9.17) is 9.25 Å². The Morgan fingerprint density at radius 2 is 2.00 bits per heavy atom. The number of carbonyl (C=O) groups excluding carboxylic acids is 2. The molecule has 4 rings (SSSR count). The molecule has 1 aliphatic heterocycles. The van der Waals surface area contributed by atoms with Crippen molar-refractivity contribution in [3.8, 4) is 0 Å². The van der Waals surface area contributed by atoms with Crippen molar-refractivity contribution < 1.29 is 18.8 Å². The number of amides is 1. The molecule has 0 bridgehead atoms. The van der Waals surface area contributed by atoms with Crippen LogP contribution in [0.2, 0.25) is 0 Å². The molecule has 122 valence electrons. The Morgan fingerprint density at radius 1 is 1.17 bits per heavy atom. The van der Waals surface area contributed by atoms with Gasteiger partial charge in [-0.05, 0) is 18.2 Å². The number of rotatable bonds is 2. The quantitative estimate of drug-likeness (QED) is 0.726. The van der Waals surface area contributed by atoms with E-state index in [1.165, 1.54) is 13.2 Å². The molecule has 24 heavy (non-hydrogen) atoms. The molecule has 3 heterocycles. The van der Waals surface area contributed by atoms with Gasteiger partial charge in [-0.15, -0.1) is 0 Å². The van der Waals surface area contributed by atoms with Crippen molar-refractivity contribution in [1.29, 1.82) is 0 Å². The van der Waals surface area contributed by atoms with Crippen LogP contribution in [0.25, 0.3) is 10.9 Å². The summed E-state index contributed by atoms with van der Waals surface area (Å²) in [6.45, 7) is 2.39. The van der Waals surface area contributed by atoms with Crippen molar-refractivity contribution in [2.75, 3.05) is 6.54 Å². The number of nitrogens with zero attached hydrogens (tertiary/aromatic N) is 2. The fourth-order valence-corrected chi connectivity index (χ4v) is 3.23. The van der Waals surface area contributed by atoms with E-state index in [0.717, 1.165) is 22.2 Å². The van der Waals surface area contributed by atoms with Gasteiger partial charge in [-0.3, -0.25) is 4.79 Å². The summed E-state index contributed by atoms with van der Waals surface area (Å²) < 4.78 is 6.81. The zero-order valence-corrected chi connectivity index (χ0v) is 13.2. The Bertz CT molecular complexity index is 924. The molecule has 0 saturated heterocycles. The van der Waals surface area contributed by atoms with Gasteiger partial charge in [0, 0.05) is 37.4 Å². The Hall–Kier alpha value is -3.02. The fraction of sp³-hybridized carbons (Fsp3) is 0.222. The van der Waals surface area contributed by atoms with Gasteiger partial charge in [0.15, 0.2) is 5.76 Å². The van der Waals surface area contributed by atoms with E-state index >= 15 is 0 Å². The van der Waals surface area contributed by atoms with Crippen molar-refractivity contribution in [2.45, 2.75) is 19.9 Å².